The van der Waals surface area contributed by atoms with E-state index in [0.29, 0.717) is 11.1 Å². The maximum atomic E-state index is 12.0. The van der Waals surface area contributed by atoms with Gasteiger partial charge in [-0.1, -0.05) is 67.2 Å². The van der Waals surface area contributed by atoms with Crippen LogP contribution in [0.1, 0.15) is 15.9 Å². The van der Waals surface area contributed by atoms with Gasteiger partial charge >= 0.3 is 0 Å². The number of hydrogen-bond donors (Lipinski definition) is 1. The molecule has 0 saturated carbocycles. The number of carbonyl (C=O) groups is 1. The molecule has 2 rings (SSSR count). The molecule has 0 radical (unpaired) electrons. The number of carbonyl (C=O) groups excluding carboxylic acids is 1. The molecule has 0 spiro atoms. The minimum absolute atomic E-state index is 0.329. The fourth-order valence-electron chi connectivity index (χ4n) is 1.73. The molecule has 0 unspecified atom stereocenters. The maximum Gasteiger partial charge on any atom is 0.195 e. The second kappa shape index (κ2) is 5.43. The fourth-order valence-corrected chi connectivity index (χ4v) is 1.73. The van der Waals surface area contributed by atoms with Gasteiger partial charge in [0.1, 0.15) is 6.10 Å². The van der Waals surface area contributed by atoms with Crippen molar-refractivity contribution in [1.82, 2.24) is 0 Å². The van der Waals surface area contributed by atoms with E-state index in [9.17, 15) is 9.90 Å². The summed E-state index contributed by atoms with van der Waals surface area (Å²) in [5, 5.41) is 10.0. The highest BCUT2D eigenvalue weighted by atomic mass is 16.3. The number of rotatable bonds is 4. The average Bonchev–Trinajstić information content (AvgIpc) is 2.47. The summed E-state index contributed by atoms with van der Waals surface area (Å²) < 4.78 is 0. The molecule has 0 aliphatic carbocycles. The van der Waals surface area contributed by atoms with Gasteiger partial charge in [0.2, 0.25) is 0 Å². The van der Waals surface area contributed by atoms with Crippen LogP contribution in [-0.4, -0.2) is 17.0 Å². The van der Waals surface area contributed by atoms with Crippen molar-refractivity contribution in [2.24, 2.45) is 0 Å². The van der Waals surface area contributed by atoms with Crippen molar-refractivity contribution in [3.8, 4) is 0 Å². The number of benzene rings is 2. The Balaban J connectivity index is 2.20. The minimum Gasteiger partial charge on any atom is -0.380 e. The molecule has 2 heteroatoms. The van der Waals surface area contributed by atoms with Gasteiger partial charge in [-0.15, -0.1) is 0 Å². The van der Waals surface area contributed by atoms with Crippen molar-refractivity contribution < 1.29 is 9.90 Å². The molecule has 0 saturated heterocycles. The van der Waals surface area contributed by atoms with Gasteiger partial charge < -0.3 is 5.11 Å². The van der Waals surface area contributed by atoms with E-state index >= 15 is 0 Å². The Morgan fingerprint density at radius 1 is 0.889 bits per heavy atom. The maximum absolute atomic E-state index is 12.0. The lowest BCUT2D eigenvalue weighted by molar-refractivity contribution is 0.0833. The van der Waals surface area contributed by atoms with Crippen LogP contribution in [-0.2, 0) is 0 Å². The quantitative estimate of drug-likeness (QED) is 0.831. The monoisotopic (exact) mass is 238 g/mol. The van der Waals surface area contributed by atoms with E-state index in [0.717, 1.165) is 5.56 Å². The Bertz CT molecular complexity index is 492. The zero-order valence-corrected chi connectivity index (χ0v) is 9.91. The van der Waals surface area contributed by atoms with Gasteiger partial charge in [0.25, 0.3) is 0 Å². The number of aliphatic hydroxyl groups is 1. The van der Waals surface area contributed by atoms with Crippen molar-refractivity contribution >= 4 is 11.4 Å². The van der Waals surface area contributed by atoms with E-state index in [1.807, 2.05) is 36.4 Å². The molecule has 2 aromatic carbocycles. The summed E-state index contributed by atoms with van der Waals surface area (Å²) in [5.74, 6) is -0.329. The van der Waals surface area contributed by atoms with E-state index < -0.39 is 6.10 Å². The predicted octanol–water partition coefficient (Wildman–Crippen LogP) is 2.94. The van der Waals surface area contributed by atoms with Crippen LogP contribution in [0.2, 0.25) is 0 Å². The van der Waals surface area contributed by atoms with Crippen LogP contribution in [0.15, 0.2) is 67.2 Å². The third kappa shape index (κ3) is 2.55. The van der Waals surface area contributed by atoms with Gasteiger partial charge in [-0.25, -0.2) is 0 Å². The van der Waals surface area contributed by atoms with E-state index in [1.54, 1.807) is 24.3 Å². The molecule has 0 aliphatic heterocycles. The Hall–Kier alpha value is -2.19. The number of aliphatic hydroxyl groups excluding tert-OH is 1. The van der Waals surface area contributed by atoms with Crippen LogP contribution in [0.5, 0.6) is 0 Å². The third-order valence-corrected chi connectivity index (χ3v) is 2.78. The van der Waals surface area contributed by atoms with Crippen molar-refractivity contribution in [3.63, 3.8) is 0 Å². The first kappa shape index (κ1) is 12.3. The zero-order valence-electron chi connectivity index (χ0n) is 9.91. The molecule has 2 aromatic rings. The van der Waals surface area contributed by atoms with E-state index in [1.165, 1.54) is 0 Å². The third-order valence-electron chi connectivity index (χ3n) is 2.78. The molecule has 1 N–H and O–H groups in total. The van der Waals surface area contributed by atoms with Gasteiger partial charge in [0.15, 0.2) is 5.78 Å². The minimum atomic E-state index is -1.20. The Labute approximate surface area is 106 Å². The highest BCUT2D eigenvalue weighted by molar-refractivity contribution is 6.06. The number of Topliss-reactive ketones (excluding diaryl/α,β-unsaturated/α-hetero) is 1. The summed E-state index contributed by atoms with van der Waals surface area (Å²) in [6.45, 7) is 3.80. The Morgan fingerprint density at radius 3 is 1.83 bits per heavy atom. The molecular weight excluding hydrogens is 224 g/mol. The SMILES string of the molecule is C=C(c1ccccc1)[C@@H](O)C(=O)c1ccccc1. The molecule has 0 bridgehead atoms. The summed E-state index contributed by atoms with van der Waals surface area (Å²) in [6.07, 6.45) is -1.20. The van der Waals surface area contributed by atoms with Gasteiger partial charge in [-0.2, -0.15) is 0 Å². The molecule has 0 aliphatic rings. The number of hydrogen-bond acceptors (Lipinski definition) is 2. The van der Waals surface area contributed by atoms with Crippen molar-refractivity contribution in [3.05, 3.63) is 78.4 Å². The smallest absolute Gasteiger partial charge is 0.195 e. The molecule has 90 valence electrons. The second-order valence-electron chi connectivity index (χ2n) is 4.02. The topological polar surface area (TPSA) is 37.3 Å². The molecule has 18 heavy (non-hydrogen) atoms. The van der Waals surface area contributed by atoms with Crippen LogP contribution in [0, 0.1) is 0 Å². The summed E-state index contributed by atoms with van der Waals surface area (Å²) in [5.41, 5.74) is 1.68. The second-order valence-corrected chi connectivity index (χ2v) is 4.02. The largest absolute Gasteiger partial charge is 0.380 e. The standard InChI is InChI=1S/C16H14O2/c1-12(13-8-4-2-5-9-13)15(17)16(18)14-10-6-3-7-11-14/h2-11,15,17H,1H2/t15-/m1/s1. The van der Waals surface area contributed by atoms with Crippen LogP contribution in [0.4, 0.5) is 0 Å². The number of ketones is 1. The molecule has 1 atom stereocenters. The fraction of sp³-hybridized carbons (Fsp3) is 0.0625. The van der Waals surface area contributed by atoms with Gasteiger partial charge in [0, 0.05) is 5.56 Å². The van der Waals surface area contributed by atoms with Crippen molar-refractivity contribution in [2.75, 3.05) is 0 Å². The highest BCUT2D eigenvalue weighted by Gasteiger charge is 2.20. The van der Waals surface area contributed by atoms with Crippen molar-refractivity contribution in [2.45, 2.75) is 6.10 Å². The Morgan fingerprint density at radius 2 is 1.33 bits per heavy atom. The van der Waals surface area contributed by atoms with E-state index in [4.69, 9.17) is 0 Å². The summed E-state index contributed by atoms with van der Waals surface area (Å²) in [4.78, 5) is 12.0. The molecule has 0 fully saturated rings. The highest BCUT2D eigenvalue weighted by Crippen LogP contribution is 2.19. The zero-order chi connectivity index (χ0) is 13.0. The van der Waals surface area contributed by atoms with E-state index in [2.05, 4.69) is 6.58 Å². The summed E-state index contributed by atoms with van der Waals surface area (Å²) in [7, 11) is 0. The normalized spacial score (nSPS) is 11.8. The van der Waals surface area contributed by atoms with E-state index in [-0.39, 0.29) is 5.78 Å². The lowest BCUT2D eigenvalue weighted by Crippen LogP contribution is -2.21. The van der Waals surface area contributed by atoms with Crippen LogP contribution >= 0.6 is 0 Å². The first-order valence-corrected chi connectivity index (χ1v) is 5.71. The summed E-state index contributed by atoms with van der Waals surface area (Å²) >= 11 is 0. The lowest BCUT2D eigenvalue weighted by atomic mass is 9.96. The predicted molar refractivity (Wildman–Crippen MR) is 72.3 cm³/mol. The first-order chi connectivity index (χ1) is 8.70. The first-order valence-electron chi connectivity index (χ1n) is 5.71. The average molecular weight is 238 g/mol. The van der Waals surface area contributed by atoms with Gasteiger partial charge in [-0.05, 0) is 11.1 Å². The summed E-state index contributed by atoms with van der Waals surface area (Å²) in [6, 6.07) is 18.0. The molecular formula is C16H14O2. The van der Waals surface area contributed by atoms with Gasteiger partial charge in [-0.3, -0.25) is 4.79 Å². The van der Waals surface area contributed by atoms with Gasteiger partial charge in [0.05, 0.1) is 0 Å². The molecule has 2 nitrogen and oxygen atoms in total. The molecule has 0 aromatic heterocycles. The van der Waals surface area contributed by atoms with Crippen LogP contribution in [0.3, 0.4) is 0 Å². The lowest BCUT2D eigenvalue weighted by Gasteiger charge is -2.13. The molecule has 0 amide bonds. The van der Waals surface area contributed by atoms with Crippen LogP contribution in [0.25, 0.3) is 5.57 Å². The van der Waals surface area contributed by atoms with Crippen LogP contribution < -0.4 is 0 Å². The molecule has 0 heterocycles. The Kier molecular flexibility index (Phi) is 3.70. The van der Waals surface area contributed by atoms with Crippen molar-refractivity contribution in [1.29, 1.82) is 0 Å².